The molecule has 0 saturated heterocycles. The minimum Gasteiger partial charge on any atom is -0.372 e. The summed E-state index contributed by atoms with van der Waals surface area (Å²) in [6, 6.07) is 10.5. The molecule has 0 radical (unpaired) electrons. The molecule has 1 amide bonds. The first-order valence-corrected chi connectivity index (χ1v) is 14.8. The molecule has 2 aromatic carbocycles. The second-order valence-corrected chi connectivity index (χ2v) is 11.5. The minimum absolute atomic E-state index is 0.276. The van der Waals surface area contributed by atoms with Crippen LogP contribution in [0.4, 0.5) is 23.0 Å². The van der Waals surface area contributed by atoms with Crippen molar-refractivity contribution in [2.45, 2.75) is 26.3 Å². The molecule has 0 fully saturated rings. The number of hydrogen-bond acceptors (Lipinski definition) is 8. The Morgan fingerprint density at radius 3 is 2.70 bits per heavy atom. The Morgan fingerprint density at radius 1 is 1.11 bits per heavy atom. The number of amides is 1. The van der Waals surface area contributed by atoms with Gasteiger partial charge in [-0.25, -0.2) is 19.6 Å². The minimum atomic E-state index is -0.276. The van der Waals surface area contributed by atoms with Crippen molar-refractivity contribution in [3.8, 4) is 22.6 Å². The van der Waals surface area contributed by atoms with Crippen molar-refractivity contribution in [1.82, 2.24) is 34.2 Å². The highest BCUT2D eigenvalue weighted by Gasteiger charge is 2.23. The topological polar surface area (TPSA) is 109 Å². The second kappa shape index (κ2) is 11.9. The van der Waals surface area contributed by atoms with Gasteiger partial charge < -0.3 is 25.0 Å². The average Bonchev–Trinajstić information content (AvgIpc) is 3.62. The zero-order chi connectivity index (χ0) is 31.0. The maximum atomic E-state index is 12.4. The Morgan fingerprint density at radius 2 is 1.95 bits per heavy atom. The van der Waals surface area contributed by atoms with E-state index in [0.29, 0.717) is 17.5 Å². The van der Waals surface area contributed by atoms with Crippen molar-refractivity contribution in [3.05, 3.63) is 72.8 Å². The van der Waals surface area contributed by atoms with Crippen LogP contribution in [0.15, 0.2) is 61.7 Å². The molecule has 4 heterocycles. The highest BCUT2D eigenvalue weighted by atomic mass is 16.1. The van der Waals surface area contributed by atoms with Gasteiger partial charge in [0.1, 0.15) is 6.33 Å². The molecule has 0 atom stereocenters. The first kappa shape index (κ1) is 29.1. The number of rotatable bonds is 10. The van der Waals surface area contributed by atoms with E-state index in [1.54, 1.807) is 17.2 Å². The number of benzene rings is 2. The number of aromatic nitrogens is 6. The predicted octanol–water partition coefficient (Wildman–Crippen LogP) is 5.01. The first-order chi connectivity index (χ1) is 21.2. The van der Waals surface area contributed by atoms with E-state index in [2.05, 4.69) is 72.1 Å². The van der Waals surface area contributed by atoms with Gasteiger partial charge in [0, 0.05) is 62.8 Å². The van der Waals surface area contributed by atoms with Crippen molar-refractivity contribution in [2.24, 2.45) is 7.05 Å². The standard InChI is InChI=1S/C33H38N10O/c1-7-29(44)37-27-17-26(21(2)16-28(27)41(5)15-14-40(3)4)38-33-34-18-24(32-35-20-36-42(32)6)30(39-33)25-19-43-13-9-11-22-10-8-12-23(25)31(22)43/h7-8,10,12,16-20H,1,9,11,13-15H2,2-6H3,(H,37,44)(H,34,38,39). The summed E-state index contributed by atoms with van der Waals surface area (Å²) in [5.41, 5.74) is 8.59. The van der Waals surface area contributed by atoms with Crippen LogP contribution in [0, 0.1) is 6.92 Å². The fourth-order valence-corrected chi connectivity index (χ4v) is 5.81. The molecule has 2 N–H and O–H groups in total. The van der Waals surface area contributed by atoms with Crippen LogP contribution in [0.1, 0.15) is 17.5 Å². The molecular formula is C33H38N10O. The maximum Gasteiger partial charge on any atom is 0.247 e. The lowest BCUT2D eigenvalue weighted by molar-refractivity contribution is -0.111. The third-order valence-corrected chi connectivity index (χ3v) is 8.15. The summed E-state index contributed by atoms with van der Waals surface area (Å²) in [5, 5.41) is 11.9. The summed E-state index contributed by atoms with van der Waals surface area (Å²) in [6.45, 7) is 8.30. The van der Waals surface area contributed by atoms with Crippen LogP contribution in [0.5, 0.6) is 0 Å². The Hall–Kier alpha value is -5.03. The van der Waals surface area contributed by atoms with E-state index in [1.165, 1.54) is 17.2 Å². The molecule has 3 aromatic heterocycles. The van der Waals surface area contributed by atoms with Gasteiger partial charge >= 0.3 is 0 Å². The normalized spacial score (nSPS) is 12.5. The Kier molecular flexibility index (Phi) is 7.88. The molecular weight excluding hydrogens is 552 g/mol. The van der Waals surface area contributed by atoms with E-state index in [-0.39, 0.29) is 5.91 Å². The first-order valence-electron chi connectivity index (χ1n) is 14.8. The van der Waals surface area contributed by atoms with Gasteiger partial charge in [0.15, 0.2) is 5.82 Å². The molecule has 0 bridgehead atoms. The number of carbonyl (C=O) groups is 1. The highest BCUT2D eigenvalue weighted by molar-refractivity contribution is 6.02. The molecule has 11 nitrogen and oxygen atoms in total. The molecule has 6 rings (SSSR count). The monoisotopic (exact) mass is 590 g/mol. The lowest BCUT2D eigenvalue weighted by atomic mass is 10.0. The van der Waals surface area contributed by atoms with E-state index in [4.69, 9.17) is 9.97 Å². The van der Waals surface area contributed by atoms with Crippen LogP contribution in [0.2, 0.25) is 0 Å². The van der Waals surface area contributed by atoms with Crippen molar-refractivity contribution in [3.63, 3.8) is 0 Å². The number of aryl methyl sites for hydroxylation is 4. The fourth-order valence-electron chi connectivity index (χ4n) is 5.81. The van der Waals surface area contributed by atoms with Gasteiger partial charge in [0.05, 0.1) is 28.1 Å². The number of anilines is 4. The van der Waals surface area contributed by atoms with Gasteiger partial charge in [-0.05, 0) is 63.2 Å². The van der Waals surface area contributed by atoms with E-state index in [9.17, 15) is 4.79 Å². The van der Waals surface area contributed by atoms with Gasteiger partial charge in [-0.1, -0.05) is 24.8 Å². The van der Waals surface area contributed by atoms with Gasteiger partial charge in [0.25, 0.3) is 0 Å². The molecule has 11 heteroatoms. The van der Waals surface area contributed by atoms with Crippen LogP contribution in [-0.2, 0) is 24.8 Å². The average molecular weight is 591 g/mol. The van der Waals surface area contributed by atoms with E-state index < -0.39 is 0 Å². The molecule has 1 aliphatic rings. The van der Waals surface area contributed by atoms with E-state index >= 15 is 0 Å². The maximum absolute atomic E-state index is 12.4. The molecule has 44 heavy (non-hydrogen) atoms. The van der Waals surface area contributed by atoms with E-state index in [0.717, 1.165) is 71.6 Å². The zero-order valence-electron chi connectivity index (χ0n) is 25.9. The second-order valence-electron chi connectivity index (χ2n) is 11.5. The molecule has 0 unspecified atom stereocenters. The van der Waals surface area contributed by atoms with Crippen LogP contribution in [0.25, 0.3) is 33.5 Å². The lowest BCUT2D eigenvalue weighted by Crippen LogP contribution is -2.29. The smallest absolute Gasteiger partial charge is 0.247 e. The predicted molar refractivity (Wildman–Crippen MR) is 176 cm³/mol. The lowest BCUT2D eigenvalue weighted by Gasteiger charge is -2.25. The van der Waals surface area contributed by atoms with Crippen molar-refractivity contribution in [2.75, 3.05) is 49.8 Å². The molecule has 5 aromatic rings. The summed E-state index contributed by atoms with van der Waals surface area (Å²) >= 11 is 0. The van der Waals surface area contributed by atoms with E-state index in [1.807, 2.05) is 41.2 Å². The third-order valence-electron chi connectivity index (χ3n) is 8.15. The summed E-state index contributed by atoms with van der Waals surface area (Å²) < 4.78 is 4.08. The number of nitrogens with one attached hydrogen (secondary N) is 2. The van der Waals surface area contributed by atoms with Crippen molar-refractivity contribution in [1.29, 1.82) is 0 Å². The summed E-state index contributed by atoms with van der Waals surface area (Å²) in [5.74, 6) is 0.853. The van der Waals surface area contributed by atoms with Crippen molar-refractivity contribution < 1.29 is 4.79 Å². The Labute approximate surface area is 257 Å². The summed E-state index contributed by atoms with van der Waals surface area (Å²) in [7, 11) is 7.98. The molecule has 0 saturated carbocycles. The van der Waals surface area contributed by atoms with Crippen LogP contribution in [-0.4, -0.2) is 74.3 Å². The summed E-state index contributed by atoms with van der Waals surface area (Å²) in [6.07, 6.45) is 9.00. The van der Waals surface area contributed by atoms with Crippen LogP contribution < -0.4 is 15.5 Å². The number of likely N-dealkylation sites (N-methyl/N-ethyl adjacent to an activating group) is 2. The number of nitrogens with zero attached hydrogens (tertiary/aromatic N) is 8. The zero-order valence-corrected chi connectivity index (χ0v) is 25.9. The molecule has 0 spiro atoms. The number of para-hydroxylation sites is 1. The SMILES string of the molecule is C=CC(=O)Nc1cc(Nc2ncc(-c3ncnn3C)c(-c3cn4c5c(cccc35)CCC4)n2)c(C)cc1N(C)CCN(C)C. The highest BCUT2D eigenvalue weighted by Crippen LogP contribution is 2.39. The van der Waals surface area contributed by atoms with Crippen LogP contribution in [0.3, 0.4) is 0 Å². The summed E-state index contributed by atoms with van der Waals surface area (Å²) in [4.78, 5) is 31.0. The van der Waals surface area contributed by atoms with Crippen LogP contribution >= 0.6 is 0 Å². The fraction of sp³-hybridized carbons (Fsp3) is 0.303. The van der Waals surface area contributed by atoms with Crippen molar-refractivity contribution >= 4 is 39.8 Å². The van der Waals surface area contributed by atoms with Gasteiger partial charge in [-0.3, -0.25) is 4.79 Å². The quantitative estimate of drug-likeness (QED) is 0.219. The number of carbonyl (C=O) groups excluding carboxylic acids is 1. The van der Waals surface area contributed by atoms with Gasteiger partial charge in [-0.15, -0.1) is 0 Å². The molecule has 1 aliphatic heterocycles. The Bertz CT molecular complexity index is 1870. The van der Waals surface area contributed by atoms with Gasteiger partial charge in [-0.2, -0.15) is 5.10 Å². The number of hydrogen-bond donors (Lipinski definition) is 2. The third kappa shape index (κ3) is 5.53. The Balaban J connectivity index is 1.44. The largest absolute Gasteiger partial charge is 0.372 e. The van der Waals surface area contributed by atoms with Gasteiger partial charge in [0.2, 0.25) is 11.9 Å². The molecule has 226 valence electrons. The molecule has 0 aliphatic carbocycles.